The van der Waals surface area contributed by atoms with Crippen LogP contribution in [0.1, 0.15) is 74.9 Å². The first-order valence-corrected chi connectivity index (χ1v) is 24.7. The Labute approximate surface area is 405 Å². The molecule has 0 bridgehead atoms. The van der Waals surface area contributed by atoms with Crippen LogP contribution in [0.3, 0.4) is 0 Å². The van der Waals surface area contributed by atoms with E-state index in [0.29, 0.717) is 0 Å². The number of hydrogen-bond donors (Lipinski definition) is 0. The molecule has 0 aromatic heterocycles. The zero-order chi connectivity index (χ0) is 46.6. The van der Waals surface area contributed by atoms with Gasteiger partial charge in [0.2, 0.25) is 0 Å². The Morgan fingerprint density at radius 3 is 1.23 bits per heavy atom. The van der Waals surface area contributed by atoms with Crippen molar-refractivity contribution in [3.05, 3.63) is 240 Å². The maximum Gasteiger partial charge on any atom is 0.0159 e. The van der Waals surface area contributed by atoms with E-state index in [4.69, 9.17) is 0 Å². The van der Waals surface area contributed by atoms with Crippen LogP contribution in [-0.2, 0) is 16.2 Å². The monoisotopic (exact) mass is 880 g/mol. The molecule has 0 saturated carbocycles. The van der Waals surface area contributed by atoms with Crippen molar-refractivity contribution in [2.24, 2.45) is 0 Å². The molecule has 0 radical (unpaired) electrons. The first-order chi connectivity index (χ1) is 33.5. The fourth-order valence-electron chi connectivity index (χ4n) is 13.3. The molecule has 0 N–H and O–H groups in total. The standard InChI is InChI=1S/C69H52/c1-67(2)59-23-12-9-19-49(59)52-33-31-45(37-62(52)67)65-54-35-30-44(41-26-28-43(29-27-41)48-22-15-17-42-16-7-8-18-47(42)48)36-56(54)66(46-32-34-53-50-20-10-13-24-60(50)68(3,4)63(53)38-46)58-40-64-55(39-57(58)65)51-21-11-14-25-61(51)69(64,5)6/h7-40H,1-6H3. The average molecular weight is 881 g/mol. The first-order valence-electron chi connectivity index (χ1n) is 24.7. The van der Waals surface area contributed by atoms with Crippen LogP contribution in [0.2, 0.25) is 0 Å². The van der Waals surface area contributed by atoms with E-state index in [9.17, 15) is 0 Å². The summed E-state index contributed by atoms with van der Waals surface area (Å²) >= 11 is 0. The van der Waals surface area contributed by atoms with Gasteiger partial charge in [0.15, 0.2) is 0 Å². The van der Waals surface area contributed by atoms with Crippen molar-refractivity contribution in [2.45, 2.75) is 57.8 Å². The van der Waals surface area contributed by atoms with Crippen LogP contribution in [0, 0.1) is 0 Å². The second-order valence-electron chi connectivity index (χ2n) is 21.6. The van der Waals surface area contributed by atoms with Crippen LogP contribution in [-0.4, -0.2) is 0 Å². The SMILES string of the molecule is CC1(C)c2ccccc2-c2ccc(-c3c4ccc(-c5ccc(-c6cccc7ccccc67)cc5)cc4c(-c4ccc5c(c4)C(C)(C)c4ccccc4-5)c4cc5c(cc34)-c3ccccc3C5(C)C)cc21. The summed E-state index contributed by atoms with van der Waals surface area (Å²) in [5, 5.41) is 7.69. The van der Waals surface area contributed by atoms with E-state index in [2.05, 4.69) is 248 Å². The molecule has 328 valence electrons. The third-order valence-electron chi connectivity index (χ3n) is 16.9. The van der Waals surface area contributed by atoms with Crippen molar-refractivity contribution in [3.63, 3.8) is 0 Å². The Kier molecular flexibility index (Phi) is 8.25. The zero-order valence-corrected chi connectivity index (χ0v) is 40.1. The normalized spacial score (nSPS) is 15.2. The molecule has 0 amide bonds. The van der Waals surface area contributed by atoms with Gasteiger partial charge < -0.3 is 0 Å². The summed E-state index contributed by atoms with van der Waals surface area (Å²) in [4.78, 5) is 0. The molecule has 0 aliphatic heterocycles. The Morgan fingerprint density at radius 1 is 0.217 bits per heavy atom. The molecule has 69 heavy (non-hydrogen) atoms. The summed E-state index contributed by atoms with van der Waals surface area (Å²) in [5.41, 5.74) is 26.1. The van der Waals surface area contributed by atoms with Gasteiger partial charge in [-0.2, -0.15) is 0 Å². The molecule has 0 unspecified atom stereocenters. The van der Waals surface area contributed by atoms with Crippen LogP contribution in [0.5, 0.6) is 0 Å². The maximum atomic E-state index is 2.59. The second-order valence-corrected chi connectivity index (χ2v) is 21.6. The predicted molar refractivity (Wildman–Crippen MR) is 293 cm³/mol. The van der Waals surface area contributed by atoms with Gasteiger partial charge >= 0.3 is 0 Å². The van der Waals surface area contributed by atoms with Gasteiger partial charge in [-0.15, -0.1) is 0 Å². The smallest absolute Gasteiger partial charge is 0.0159 e. The highest BCUT2D eigenvalue weighted by molar-refractivity contribution is 6.23. The number of hydrogen-bond acceptors (Lipinski definition) is 0. The molecule has 0 heterocycles. The van der Waals surface area contributed by atoms with Crippen LogP contribution >= 0.6 is 0 Å². The van der Waals surface area contributed by atoms with Gasteiger partial charge in [0.05, 0.1) is 0 Å². The summed E-state index contributed by atoms with van der Waals surface area (Å²) in [6.07, 6.45) is 0. The van der Waals surface area contributed by atoms with Crippen LogP contribution in [0.25, 0.3) is 110 Å². The molecule has 0 nitrogen and oxygen atoms in total. The Bertz CT molecular complexity index is 4010. The van der Waals surface area contributed by atoms with Gasteiger partial charge in [-0.1, -0.05) is 217 Å². The lowest BCUT2D eigenvalue weighted by atomic mass is 9.77. The molecule has 3 aliphatic rings. The maximum absolute atomic E-state index is 2.59. The van der Waals surface area contributed by atoms with E-state index in [1.165, 1.54) is 144 Å². The number of fused-ring (bicyclic) bond motifs is 12. The number of benzene rings is 11. The highest BCUT2D eigenvalue weighted by atomic mass is 14.4. The molecule has 0 heteroatoms. The third-order valence-corrected chi connectivity index (χ3v) is 16.9. The van der Waals surface area contributed by atoms with Crippen molar-refractivity contribution in [1.82, 2.24) is 0 Å². The Morgan fingerprint density at radius 2 is 0.623 bits per heavy atom. The third kappa shape index (κ3) is 5.58. The highest BCUT2D eigenvalue weighted by Crippen LogP contribution is 2.56. The lowest BCUT2D eigenvalue weighted by Gasteiger charge is -2.26. The van der Waals surface area contributed by atoms with E-state index < -0.39 is 0 Å². The molecule has 0 atom stereocenters. The summed E-state index contributed by atoms with van der Waals surface area (Å²) in [6.45, 7) is 14.4. The summed E-state index contributed by atoms with van der Waals surface area (Å²) < 4.78 is 0. The Hall–Kier alpha value is -7.80. The van der Waals surface area contributed by atoms with Crippen molar-refractivity contribution < 1.29 is 0 Å². The predicted octanol–water partition coefficient (Wildman–Crippen LogP) is 18.7. The van der Waals surface area contributed by atoms with Crippen molar-refractivity contribution in [3.8, 4) is 77.9 Å². The van der Waals surface area contributed by atoms with Gasteiger partial charge in [-0.3, -0.25) is 0 Å². The topological polar surface area (TPSA) is 0 Å². The van der Waals surface area contributed by atoms with Crippen LogP contribution in [0.15, 0.2) is 206 Å². The van der Waals surface area contributed by atoms with Crippen LogP contribution < -0.4 is 0 Å². The largest absolute Gasteiger partial charge is 0.0619 e. The minimum atomic E-state index is -0.162. The molecule has 3 aliphatic carbocycles. The van der Waals surface area contributed by atoms with E-state index in [1.54, 1.807) is 0 Å². The van der Waals surface area contributed by atoms with E-state index in [1.807, 2.05) is 0 Å². The molecule has 11 aromatic carbocycles. The van der Waals surface area contributed by atoms with Gasteiger partial charge in [0.1, 0.15) is 0 Å². The molecular formula is C69H52. The van der Waals surface area contributed by atoms with E-state index in [0.717, 1.165) is 0 Å². The molecule has 0 fully saturated rings. The zero-order valence-electron chi connectivity index (χ0n) is 40.1. The van der Waals surface area contributed by atoms with E-state index >= 15 is 0 Å². The lowest BCUT2D eigenvalue weighted by molar-refractivity contribution is 0.660. The van der Waals surface area contributed by atoms with Gasteiger partial charge in [0.25, 0.3) is 0 Å². The van der Waals surface area contributed by atoms with Crippen molar-refractivity contribution in [2.75, 3.05) is 0 Å². The van der Waals surface area contributed by atoms with Gasteiger partial charge in [-0.05, 0) is 174 Å². The molecule has 11 aromatic rings. The minimum Gasteiger partial charge on any atom is -0.0619 e. The average Bonchev–Trinajstić information content (AvgIpc) is 3.86. The first kappa shape index (κ1) is 40.3. The van der Waals surface area contributed by atoms with Gasteiger partial charge in [-0.25, -0.2) is 0 Å². The molecule has 0 spiro atoms. The fraction of sp³-hybridized carbons (Fsp3) is 0.130. The van der Waals surface area contributed by atoms with Crippen molar-refractivity contribution in [1.29, 1.82) is 0 Å². The van der Waals surface area contributed by atoms with Gasteiger partial charge in [0, 0.05) is 16.2 Å². The molecule has 0 saturated heterocycles. The quantitative estimate of drug-likeness (QED) is 0.155. The highest BCUT2D eigenvalue weighted by Gasteiger charge is 2.39. The molecule has 14 rings (SSSR count). The summed E-state index contributed by atoms with van der Waals surface area (Å²) in [5.74, 6) is 0. The number of rotatable bonds is 4. The van der Waals surface area contributed by atoms with Crippen LogP contribution in [0.4, 0.5) is 0 Å². The van der Waals surface area contributed by atoms with Crippen molar-refractivity contribution >= 4 is 32.3 Å². The summed E-state index contributed by atoms with van der Waals surface area (Å²) in [7, 11) is 0. The minimum absolute atomic E-state index is 0.127. The fourth-order valence-corrected chi connectivity index (χ4v) is 13.3. The second kappa shape index (κ2) is 14.1. The van der Waals surface area contributed by atoms with E-state index in [-0.39, 0.29) is 16.2 Å². The molecular weight excluding hydrogens is 829 g/mol. The lowest BCUT2D eigenvalue weighted by Crippen LogP contribution is -2.15. The Balaban J connectivity index is 1.07. The summed E-state index contributed by atoms with van der Waals surface area (Å²) in [6, 6.07) is 78.9.